The summed E-state index contributed by atoms with van der Waals surface area (Å²) in [5, 5.41) is 11.4. The highest BCUT2D eigenvalue weighted by Gasteiger charge is 2.22. The van der Waals surface area contributed by atoms with Crippen molar-refractivity contribution in [1.29, 1.82) is 0 Å². The van der Waals surface area contributed by atoms with E-state index in [0.717, 1.165) is 45.0 Å². The third-order valence-corrected chi connectivity index (χ3v) is 5.97. The molecule has 1 atom stereocenters. The molecule has 5 heteroatoms. The summed E-state index contributed by atoms with van der Waals surface area (Å²) in [6.07, 6.45) is 0. The molecule has 0 aliphatic heterocycles. The molecule has 0 aliphatic carbocycles. The first-order valence-corrected chi connectivity index (χ1v) is 11.2. The SMILES string of the molecule is Cc1ccc(C)c(NC(=O)[C@@H](NCc2c(C)nn(-c3ccccc3)c2C)c2ccccc2)c1. The molecule has 0 unspecified atom stereocenters. The summed E-state index contributed by atoms with van der Waals surface area (Å²) in [7, 11) is 0. The third kappa shape index (κ3) is 5.04. The molecule has 168 valence electrons. The number of amides is 1. The van der Waals surface area contributed by atoms with Crippen LogP contribution in [-0.4, -0.2) is 15.7 Å². The average Bonchev–Trinajstić information content (AvgIpc) is 3.11. The minimum absolute atomic E-state index is 0.0827. The molecule has 2 N–H and O–H groups in total. The largest absolute Gasteiger partial charge is 0.324 e. The molecule has 3 aromatic carbocycles. The number of hydrogen-bond acceptors (Lipinski definition) is 3. The first-order valence-electron chi connectivity index (χ1n) is 11.2. The van der Waals surface area contributed by atoms with Crippen LogP contribution in [0.1, 0.15) is 39.7 Å². The molecule has 0 bridgehead atoms. The highest BCUT2D eigenvalue weighted by atomic mass is 16.2. The molecule has 0 spiro atoms. The Bertz CT molecular complexity index is 1250. The normalized spacial score (nSPS) is 11.9. The number of rotatable bonds is 7. The Morgan fingerprint density at radius 3 is 2.27 bits per heavy atom. The van der Waals surface area contributed by atoms with Crippen LogP contribution >= 0.6 is 0 Å². The van der Waals surface area contributed by atoms with Gasteiger partial charge >= 0.3 is 0 Å². The smallest absolute Gasteiger partial charge is 0.246 e. The minimum atomic E-state index is -0.495. The summed E-state index contributed by atoms with van der Waals surface area (Å²) in [5.74, 6) is -0.0827. The van der Waals surface area contributed by atoms with Gasteiger partial charge in [-0.1, -0.05) is 60.7 Å². The third-order valence-electron chi connectivity index (χ3n) is 5.97. The average molecular weight is 439 g/mol. The minimum Gasteiger partial charge on any atom is -0.324 e. The number of nitrogens with zero attached hydrogens (tertiary/aromatic N) is 2. The Morgan fingerprint density at radius 2 is 1.58 bits per heavy atom. The molecular formula is C28H30N4O. The van der Waals surface area contributed by atoms with Crippen molar-refractivity contribution in [3.05, 3.63) is 113 Å². The Balaban J connectivity index is 1.59. The van der Waals surface area contributed by atoms with Crippen molar-refractivity contribution in [3.8, 4) is 5.69 Å². The highest BCUT2D eigenvalue weighted by molar-refractivity contribution is 5.96. The number of carbonyl (C=O) groups excluding carboxylic acids is 1. The van der Waals surface area contributed by atoms with Crippen LogP contribution in [-0.2, 0) is 11.3 Å². The number of hydrogen-bond donors (Lipinski definition) is 2. The van der Waals surface area contributed by atoms with Gasteiger partial charge in [-0.2, -0.15) is 5.10 Å². The lowest BCUT2D eigenvalue weighted by atomic mass is 10.0. The second-order valence-corrected chi connectivity index (χ2v) is 8.43. The van der Waals surface area contributed by atoms with Crippen molar-refractivity contribution < 1.29 is 4.79 Å². The van der Waals surface area contributed by atoms with Gasteiger partial charge in [0, 0.05) is 23.5 Å². The van der Waals surface area contributed by atoms with Crippen molar-refractivity contribution >= 4 is 11.6 Å². The maximum Gasteiger partial charge on any atom is 0.246 e. The number of benzene rings is 3. The molecule has 0 fully saturated rings. The number of anilines is 1. The van der Waals surface area contributed by atoms with E-state index in [-0.39, 0.29) is 5.91 Å². The zero-order chi connectivity index (χ0) is 23.4. The van der Waals surface area contributed by atoms with E-state index in [0.29, 0.717) is 6.54 Å². The summed E-state index contributed by atoms with van der Waals surface area (Å²) in [6.45, 7) is 8.64. The fourth-order valence-electron chi connectivity index (χ4n) is 4.04. The lowest BCUT2D eigenvalue weighted by Crippen LogP contribution is -2.33. The van der Waals surface area contributed by atoms with Crippen molar-refractivity contribution in [1.82, 2.24) is 15.1 Å². The van der Waals surface area contributed by atoms with E-state index in [1.54, 1.807) is 0 Å². The van der Waals surface area contributed by atoms with Gasteiger partial charge in [-0.15, -0.1) is 0 Å². The maximum atomic E-state index is 13.4. The lowest BCUT2D eigenvalue weighted by Gasteiger charge is -2.20. The van der Waals surface area contributed by atoms with Crippen LogP contribution in [0.15, 0.2) is 78.9 Å². The molecule has 0 aliphatic rings. The summed E-state index contributed by atoms with van der Waals surface area (Å²) >= 11 is 0. The highest BCUT2D eigenvalue weighted by Crippen LogP contribution is 2.22. The summed E-state index contributed by atoms with van der Waals surface area (Å²) in [6, 6.07) is 25.5. The van der Waals surface area contributed by atoms with E-state index < -0.39 is 6.04 Å². The molecule has 0 saturated carbocycles. The Hall–Kier alpha value is -3.70. The zero-order valence-electron chi connectivity index (χ0n) is 19.6. The van der Waals surface area contributed by atoms with Gasteiger partial charge in [-0.3, -0.25) is 10.1 Å². The van der Waals surface area contributed by atoms with E-state index in [1.807, 2.05) is 104 Å². The second-order valence-electron chi connectivity index (χ2n) is 8.43. The second kappa shape index (κ2) is 9.84. The fraction of sp³-hybridized carbons (Fsp3) is 0.214. The van der Waals surface area contributed by atoms with Gasteiger partial charge in [0.05, 0.1) is 11.4 Å². The van der Waals surface area contributed by atoms with Crippen LogP contribution in [0.2, 0.25) is 0 Å². The molecule has 1 amide bonds. The Morgan fingerprint density at radius 1 is 0.909 bits per heavy atom. The monoisotopic (exact) mass is 438 g/mol. The number of para-hydroxylation sites is 1. The van der Waals surface area contributed by atoms with E-state index in [1.165, 1.54) is 0 Å². The Labute approximate surface area is 195 Å². The first kappa shape index (κ1) is 22.5. The lowest BCUT2D eigenvalue weighted by molar-refractivity contribution is -0.118. The van der Waals surface area contributed by atoms with Crippen molar-refractivity contribution in [2.75, 3.05) is 5.32 Å². The standard InChI is InChI=1S/C28H30N4O/c1-19-15-16-20(2)26(17-19)30-28(33)27(23-11-7-5-8-12-23)29-18-25-21(3)31-32(22(25)4)24-13-9-6-10-14-24/h5-17,27,29H,18H2,1-4H3,(H,30,33)/t27-/m0/s1. The van der Waals surface area contributed by atoms with E-state index in [2.05, 4.69) is 17.6 Å². The molecule has 0 radical (unpaired) electrons. The Kier molecular flexibility index (Phi) is 6.71. The van der Waals surface area contributed by atoms with E-state index in [4.69, 9.17) is 5.10 Å². The van der Waals surface area contributed by atoms with Crippen LogP contribution in [0.4, 0.5) is 5.69 Å². The topological polar surface area (TPSA) is 59.0 Å². The molecule has 1 aromatic heterocycles. The van der Waals surface area contributed by atoms with Gasteiger partial charge in [0.1, 0.15) is 6.04 Å². The predicted molar refractivity (Wildman–Crippen MR) is 134 cm³/mol. The van der Waals surface area contributed by atoms with Gasteiger partial charge in [0.2, 0.25) is 5.91 Å². The fourth-order valence-corrected chi connectivity index (χ4v) is 4.04. The zero-order valence-corrected chi connectivity index (χ0v) is 19.6. The summed E-state index contributed by atoms with van der Waals surface area (Å²) in [5.41, 5.74) is 8.05. The summed E-state index contributed by atoms with van der Waals surface area (Å²) in [4.78, 5) is 13.4. The molecular weight excluding hydrogens is 408 g/mol. The number of aryl methyl sites for hydroxylation is 3. The van der Waals surface area contributed by atoms with E-state index >= 15 is 0 Å². The molecule has 1 heterocycles. The quantitative estimate of drug-likeness (QED) is 0.396. The predicted octanol–water partition coefficient (Wildman–Crippen LogP) is 5.58. The van der Waals surface area contributed by atoms with Crippen LogP contribution < -0.4 is 10.6 Å². The van der Waals surface area contributed by atoms with Crippen molar-refractivity contribution in [3.63, 3.8) is 0 Å². The molecule has 33 heavy (non-hydrogen) atoms. The van der Waals surface area contributed by atoms with Gasteiger partial charge in [0.25, 0.3) is 0 Å². The van der Waals surface area contributed by atoms with Crippen LogP contribution in [0.3, 0.4) is 0 Å². The first-order chi connectivity index (χ1) is 15.9. The molecule has 4 rings (SSSR count). The van der Waals surface area contributed by atoms with Crippen LogP contribution in [0.5, 0.6) is 0 Å². The van der Waals surface area contributed by atoms with Crippen LogP contribution in [0, 0.1) is 27.7 Å². The van der Waals surface area contributed by atoms with Crippen molar-refractivity contribution in [2.45, 2.75) is 40.3 Å². The van der Waals surface area contributed by atoms with Gasteiger partial charge < -0.3 is 5.32 Å². The summed E-state index contributed by atoms with van der Waals surface area (Å²) < 4.78 is 1.96. The molecule has 5 nitrogen and oxygen atoms in total. The van der Waals surface area contributed by atoms with Crippen molar-refractivity contribution in [2.24, 2.45) is 0 Å². The molecule has 0 saturated heterocycles. The van der Waals surface area contributed by atoms with Crippen LogP contribution in [0.25, 0.3) is 5.69 Å². The number of carbonyl (C=O) groups is 1. The van der Waals surface area contributed by atoms with Gasteiger partial charge in [-0.05, 0) is 62.6 Å². The van der Waals surface area contributed by atoms with Gasteiger partial charge in [0.15, 0.2) is 0 Å². The van der Waals surface area contributed by atoms with E-state index in [9.17, 15) is 4.79 Å². The van der Waals surface area contributed by atoms with Gasteiger partial charge in [-0.25, -0.2) is 4.68 Å². The number of nitrogens with one attached hydrogen (secondary N) is 2. The molecule has 4 aromatic rings. The maximum absolute atomic E-state index is 13.4. The number of aromatic nitrogens is 2.